The minimum Gasteiger partial charge on any atom is -0.444 e. The lowest BCUT2D eigenvalue weighted by molar-refractivity contribution is 0.0635. The van der Waals surface area contributed by atoms with E-state index < -0.39 is 11.7 Å². The van der Waals surface area contributed by atoms with Crippen LogP contribution in [0.3, 0.4) is 0 Å². The van der Waals surface area contributed by atoms with Crippen LogP contribution in [0.5, 0.6) is 0 Å². The summed E-state index contributed by atoms with van der Waals surface area (Å²) in [4.78, 5) is 24.1. The fourth-order valence-electron chi connectivity index (χ4n) is 2.00. The van der Waals surface area contributed by atoms with Crippen LogP contribution in [0, 0.1) is 6.92 Å². The zero-order valence-corrected chi connectivity index (χ0v) is 14.3. The fourth-order valence-corrected chi connectivity index (χ4v) is 2.00. The number of hydrogen-bond acceptors (Lipinski definition) is 3. The molecular formula is C19H22N2O3. The van der Waals surface area contributed by atoms with Gasteiger partial charge in [-0.1, -0.05) is 23.8 Å². The van der Waals surface area contributed by atoms with E-state index in [-0.39, 0.29) is 5.91 Å². The Balaban J connectivity index is 2.05. The average molecular weight is 326 g/mol. The van der Waals surface area contributed by atoms with E-state index >= 15 is 0 Å². The Morgan fingerprint density at radius 3 is 2.21 bits per heavy atom. The van der Waals surface area contributed by atoms with Gasteiger partial charge in [-0.15, -0.1) is 0 Å². The number of benzene rings is 2. The molecule has 5 heteroatoms. The van der Waals surface area contributed by atoms with Gasteiger partial charge in [-0.3, -0.25) is 10.1 Å². The second kappa shape index (κ2) is 7.17. The number of aryl methyl sites for hydroxylation is 1. The third-order valence-electron chi connectivity index (χ3n) is 3.08. The van der Waals surface area contributed by atoms with Gasteiger partial charge in [0.2, 0.25) is 0 Å². The molecule has 0 radical (unpaired) electrons. The lowest BCUT2D eigenvalue weighted by Gasteiger charge is -2.19. The lowest BCUT2D eigenvalue weighted by Crippen LogP contribution is -2.27. The first kappa shape index (κ1) is 17.5. The van der Waals surface area contributed by atoms with Crippen molar-refractivity contribution < 1.29 is 14.3 Å². The predicted octanol–water partition coefficient (Wildman–Crippen LogP) is 4.59. The number of nitrogens with one attached hydrogen (secondary N) is 2. The zero-order chi connectivity index (χ0) is 17.7. The van der Waals surface area contributed by atoms with E-state index in [0.717, 1.165) is 11.3 Å². The molecule has 0 spiro atoms. The van der Waals surface area contributed by atoms with Gasteiger partial charge < -0.3 is 10.1 Å². The summed E-state index contributed by atoms with van der Waals surface area (Å²) in [7, 11) is 0. The van der Waals surface area contributed by atoms with Crippen molar-refractivity contribution in [1.29, 1.82) is 0 Å². The summed E-state index contributed by atoms with van der Waals surface area (Å²) in [6, 6.07) is 14.2. The molecule has 0 atom stereocenters. The van der Waals surface area contributed by atoms with Crippen LogP contribution in [-0.4, -0.2) is 17.6 Å². The summed E-state index contributed by atoms with van der Waals surface area (Å²) in [5.41, 5.74) is 2.21. The fraction of sp³-hybridized carbons (Fsp3) is 0.263. The summed E-state index contributed by atoms with van der Waals surface area (Å²) in [5, 5.41) is 5.45. The number of ether oxygens (including phenoxy) is 1. The van der Waals surface area contributed by atoms with Gasteiger partial charge >= 0.3 is 6.09 Å². The van der Waals surface area contributed by atoms with Crippen LogP contribution in [0.25, 0.3) is 0 Å². The number of anilines is 2. The van der Waals surface area contributed by atoms with Crippen molar-refractivity contribution in [1.82, 2.24) is 0 Å². The highest BCUT2D eigenvalue weighted by atomic mass is 16.6. The molecule has 2 aromatic carbocycles. The van der Waals surface area contributed by atoms with Gasteiger partial charge in [0.05, 0.1) is 0 Å². The van der Waals surface area contributed by atoms with E-state index in [1.165, 1.54) is 0 Å². The van der Waals surface area contributed by atoms with Crippen LogP contribution >= 0.6 is 0 Å². The Hall–Kier alpha value is -2.82. The van der Waals surface area contributed by atoms with Crippen molar-refractivity contribution in [2.24, 2.45) is 0 Å². The largest absolute Gasteiger partial charge is 0.444 e. The van der Waals surface area contributed by atoms with Crippen molar-refractivity contribution >= 4 is 23.4 Å². The number of amides is 2. The minimum atomic E-state index is -0.579. The predicted molar refractivity (Wildman–Crippen MR) is 95.4 cm³/mol. The summed E-state index contributed by atoms with van der Waals surface area (Å²) >= 11 is 0. The summed E-state index contributed by atoms with van der Waals surface area (Å²) in [6.45, 7) is 7.35. The van der Waals surface area contributed by atoms with Crippen LogP contribution in [0.2, 0.25) is 0 Å². The molecule has 0 saturated carbocycles. The Morgan fingerprint density at radius 2 is 1.58 bits per heavy atom. The zero-order valence-electron chi connectivity index (χ0n) is 14.3. The molecule has 2 rings (SSSR count). The molecule has 2 aromatic rings. The molecule has 2 N–H and O–H groups in total. The third kappa shape index (κ3) is 5.43. The number of hydrogen-bond donors (Lipinski definition) is 2. The highest BCUT2D eigenvalue weighted by molar-refractivity contribution is 6.05. The van der Waals surface area contributed by atoms with Crippen molar-refractivity contribution in [3.63, 3.8) is 0 Å². The first-order chi connectivity index (χ1) is 11.2. The Bertz CT molecular complexity index is 731. The molecule has 0 aliphatic carbocycles. The standard InChI is InChI=1S/C19H22N2O3/c1-13-8-10-15(11-9-13)20-17(22)14-6-5-7-16(12-14)21-18(23)24-19(2,3)4/h5-12H,1-4H3,(H,20,22)(H,21,23). The van der Waals surface area contributed by atoms with Gasteiger partial charge in [-0.2, -0.15) is 0 Å². The molecule has 5 nitrogen and oxygen atoms in total. The highest BCUT2D eigenvalue weighted by Crippen LogP contribution is 2.16. The van der Waals surface area contributed by atoms with Crippen molar-refractivity contribution in [3.05, 3.63) is 59.7 Å². The number of carbonyl (C=O) groups is 2. The van der Waals surface area contributed by atoms with E-state index in [1.807, 2.05) is 31.2 Å². The number of rotatable bonds is 3. The molecular weight excluding hydrogens is 304 g/mol. The summed E-state index contributed by atoms with van der Waals surface area (Å²) < 4.78 is 5.20. The maximum Gasteiger partial charge on any atom is 0.412 e. The Kier molecular flexibility index (Phi) is 5.24. The molecule has 0 saturated heterocycles. The van der Waals surface area contributed by atoms with Crippen LogP contribution in [0.4, 0.5) is 16.2 Å². The van der Waals surface area contributed by atoms with Crippen molar-refractivity contribution in [2.45, 2.75) is 33.3 Å². The van der Waals surface area contributed by atoms with Gasteiger partial charge in [0.1, 0.15) is 5.60 Å². The molecule has 0 fully saturated rings. The van der Waals surface area contributed by atoms with E-state index in [0.29, 0.717) is 11.3 Å². The first-order valence-corrected chi connectivity index (χ1v) is 7.71. The van der Waals surface area contributed by atoms with E-state index in [9.17, 15) is 9.59 Å². The third-order valence-corrected chi connectivity index (χ3v) is 3.08. The van der Waals surface area contributed by atoms with Crippen molar-refractivity contribution in [2.75, 3.05) is 10.6 Å². The Labute approximate surface area is 142 Å². The van der Waals surface area contributed by atoms with E-state index in [4.69, 9.17) is 4.74 Å². The smallest absolute Gasteiger partial charge is 0.412 e. The maximum atomic E-state index is 12.3. The molecule has 0 unspecified atom stereocenters. The molecule has 0 heterocycles. The quantitative estimate of drug-likeness (QED) is 0.866. The van der Waals surface area contributed by atoms with E-state index in [1.54, 1.807) is 45.0 Å². The number of carbonyl (C=O) groups excluding carboxylic acids is 2. The molecule has 0 aromatic heterocycles. The highest BCUT2D eigenvalue weighted by Gasteiger charge is 2.16. The van der Waals surface area contributed by atoms with Crippen LogP contribution in [-0.2, 0) is 4.74 Å². The maximum absolute atomic E-state index is 12.3. The van der Waals surface area contributed by atoms with Gasteiger partial charge in [0, 0.05) is 16.9 Å². The average Bonchev–Trinajstić information content (AvgIpc) is 2.48. The second-order valence-corrected chi connectivity index (χ2v) is 6.53. The molecule has 0 aliphatic heterocycles. The van der Waals surface area contributed by atoms with E-state index in [2.05, 4.69) is 10.6 Å². The van der Waals surface area contributed by atoms with Gasteiger partial charge in [-0.05, 0) is 58.0 Å². The molecule has 126 valence electrons. The van der Waals surface area contributed by atoms with Crippen molar-refractivity contribution in [3.8, 4) is 0 Å². The van der Waals surface area contributed by atoms with Crippen LogP contribution < -0.4 is 10.6 Å². The summed E-state index contributed by atoms with van der Waals surface area (Å²) in [6.07, 6.45) is -0.557. The lowest BCUT2D eigenvalue weighted by atomic mass is 10.1. The van der Waals surface area contributed by atoms with Gasteiger partial charge in [0.15, 0.2) is 0 Å². The van der Waals surface area contributed by atoms with Gasteiger partial charge in [0.25, 0.3) is 5.91 Å². The molecule has 0 bridgehead atoms. The van der Waals surface area contributed by atoms with Crippen LogP contribution in [0.1, 0.15) is 36.7 Å². The molecule has 2 amide bonds. The monoisotopic (exact) mass is 326 g/mol. The van der Waals surface area contributed by atoms with Crippen LogP contribution in [0.15, 0.2) is 48.5 Å². The minimum absolute atomic E-state index is 0.244. The summed E-state index contributed by atoms with van der Waals surface area (Å²) in [5.74, 6) is -0.244. The topological polar surface area (TPSA) is 67.4 Å². The SMILES string of the molecule is Cc1ccc(NC(=O)c2cccc(NC(=O)OC(C)(C)C)c2)cc1. The normalized spacial score (nSPS) is 10.8. The van der Waals surface area contributed by atoms with Gasteiger partial charge in [-0.25, -0.2) is 4.79 Å². The molecule has 0 aliphatic rings. The Morgan fingerprint density at radius 1 is 0.917 bits per heavy atom. The molecule has 24 heavy (non-hydrogen) atoms. The second-order valence-electron chi connectivity index (χ2n) is 6.53. The first-order valence-electron chi connectivity index (χ1n) is 7.71.